The normalized spacial score (nSPS) is 15.7. The summed E-state index contributed by atoms with van der Waals surface area (Å²) in [5.41, 5.74) is 0. The van der Waals surface area contributed by atoms with E-state index in [1.165, 1.54) is 22.6 Å². The van der Waals surface area contributed by atoms with Gasteiger partial charge in [-0.2, -0.15) is 0 Å². The van der Waals surface area contributed by atoms with Crippen molar-refractivity contribution in [1.82, 2.24) is 0 Å². The van der Waals surface area contributed by atoms with E-state index in [0.29, 0.717) is 4.83 Å². The van der Waals surface area contributed by atoms with Crippen molar-refractivity contribution in [2.24, 2.45) is 5.92 Å². The molecule has 0 nitrogen and oxygen atoms in total. The van der Waals surface area contributed by atoms with Gasteiger partial charge in [0.1, 0.15) is 0 Å². The summed E-state index contributed by atoms with van der Waals surface area (Å²) < 4.78 is 0. The van der Waals surface area contributed by atoms with E-state index in [1.54, 1.807) is 0 Å². The predicted octanol–water partition coefficient (Wildman–Crippen LogP) is 4.93. The first-order valence-corrected chi connectivity index (χ1v) is 6.57. The molecule has 0 fully saturated rings. The quantitative estimate of drug-likeness (QED) is 0.674. The van der Waals surface area contributed by atoms with Gasteiger partial charge in [0.05, 0.1) is 0 Å². The van der Waals surface area contributed by atoms with Gasteiger partial charge in [-0.15, -0.1) is 11.3 Å². The average Bonchev–Trinajstić information content (AvgIpc) is 2.51. The summed E-state index contributed by atoms with van der Waals surface area (Å²) in [5.74, 6) is 0.812. The Bertz CT molecular complexity index is 254. The fourth-order valence-corrected chi connectivity index (χ4v) is 3.20. The van der Waals surface area contributed by atoms with Gasteiger partial charge in [0.15, 0.2) is 0 Å². The van der Waals surface area contributed by atoms with Crippen LogP contribution in [0.4, 0.5) is 0 Å². The third-order valence-corrected chi connectivity index (χ3v) is 4.66. The first kappa shape index (κ1) is 11.3. The van der Waals surface area contributed by atoms with E-state index in [0.717, 1.165) is 5.92 Å². The van der Waals surface area contributed by atoms with Crippen molar-refractivity contribution in [3.05, 3.63) is 21.9 Å². The van der Waals surface area contributed by atoms with Crippen LogP contribution in [-0.2, 0) is 0 Å². The van der Waals surface area contributed by atoms with Crippen molar-refractivity contribution in [3.63, 3.8) is 0 Å². The Balaban J connectivity index is 2.53. The maximum absolute atomic E-state index is 3.75. The summed E-state index contributed by atoms with van der Waals surface area (Å²) in [5, 5.41) is 0. The molecule has 2 heteroatoms. The van der Waals surface area contributed by atoms with Gasteiger partial charge in [-0.25, -0.2) is 0 Å². The van der Waals surface area contributed by atoms with Gasteiger partial charge in [-0.05, 0) is 31.4 Å². The van der Waals surface area contributed by atoms with E-state index in [4.69, 9.17) is 0 Å². The molecule has 0 saturated carbocycles. The Kier molecular flexibility index (Phi) is 4.47. The van der Waals surface area contributed by atoms with Crippen LogP contribution in [0.5, 0.6) is 0 Å². The van der Waals surface area contributed by atoms with Crippen LogP contribution >= 0.6 is 27.3 Å². The third-order valence-electron chi connectivity index (χ3n) is 2.38. The van der Waals surface area contributed by atoms with Crippen molar-refractivity contribution in [2.45, 2.75) is 38.4 Å². The second-order valence-corrected chi connectivity index (χ2v) is 6.09. The Morgan fingerprint density at radius 3 is 2.62 bits per heavy atom. The lowest BCUT2D eigenvalue weighted by Crippen LogP contribution is -1.96. The van der Waals surface area contributed by atoms with Crippen LogP contribution in [0, 0.1) is 12.8 Å². The van der Waals surface area contributed by atoms with Gasteiger partial charge in [-0.3, -0.25) is 0 Å². The van der Waals surface area contributed by atoms with Crippen molar-refractivity contribution in [3.8, 4) is 0 Å². The van der Waals surface area contributed by atoms with Crippen LogP contribution in [-0.4, -0.2) is 0 Å². The van der Waals surface area contributed by atoms with Gasteiger partial charge in [-0.1, -0.05) is 36.2 Å². The molecule has 0 saturated heterocycles. The van der Waals surface area contributed by atoms with Crippen molar-refractivity contribution in [1.29, 1.82) is 0 Å². The maximum Gasteiger partial charge on any atom is 0.0491 e. The topological polar surface area (TPSA) is 0 Å². The van der Waals surface area contributed by atoms with Crippen LogP contribution in [0.3, 0.4) is 0 Å². The molecule has 2 atom stereocenters. The standard InChI is InChI=1S/C11H17BrS/c1-4-8(2)7-10(12)11-6-5-9(3)13-11/h5-6,8,10H,4,7H2,1-3H3. The SMILES string of the molecule is CCC(C)CC(Br)c1ccc(C)s1. The number of alkyl halides is 1. The second-order valence-electron chi connectivity index (χ2n) is 3.67. The number of hydrogen-bond acceptors (Lipinski definition) is 1. The minimum atomic E-state index is 0.557. The lowest BCUT2D eigenvalue weighted by molar-refractivity contribution is 0.516. The molecule has 0 N–H and O–H groups in total. The monoisotopic (exact) mass is 260 g/mol. The number of rotatable bonds is 4. The van der Waals surface area contributed by atoms with Crippen LogP contribution in [0.1, 0.15) is 41.3 Å². The van der Waals surface area contributed by atoms with Crippen molar-refractivity contribution >= 4 is 27.3 Å². The Morgan fingerprint density at radius 1 is 1.46 bits per heavy atom. The molecule has 0 aliphatic carbocycles. The fourth-order valence-electron chi connectivity index (χ4n) is 1.26. The molecule has 1 heterocycles. The minimum Gasteiger partial charge on any atom is -0.145 e. The molecule has 74 valence electrons. The molecule has 0 radical (unpaired) electrons. The van der Waals surface area contributed by atoms with Crippen molar-refractivity contribution < 1.29 is 0 Å². The van der Waals surface area contributed by atoms with E-state index < -0.39 is 0 Å². The minimum absolute atomic E-state index is 0.557. The molecular weight excluding hydrogens is 244 g/mol. The van der Waals surface area contributed by atoms with Crippen LogP contribution in [0.15, 0.2) is 12.1 Å². The van der Waals surface area contributed by atoms with E-state index in [9.17, 15) is 0 Å². The molecule has 0 aliphatic heterocycles. The molecule has 0 aliphatic rings. The maximum atomic E-state index is 3.75. The van der Waals surface area contributed by atoms with E-state index in [2.05, 4.69) is 48.8 Å². The second kappa shape index (κ2) is 5.16. The molecule has 0 spiro atoms. The zero-order valence-electron chi connectivity index (χ0n) is 8.51. The van der Waals surface area contributed by atoms with Crippen LogP contribution < -0.4 is 0 Å². The lowest BCUT2D eigenvalue weighted by atomic mass is 10.0. The van der Waals surface area contributed by atoms with E-state index >= 15 is 0 Å². The Morgan fingerprint density at radius 2 is 2.15 bits per heavy atom. The number of hydrogen-bond donors (Lipinski definition) is 0. The van der Waals surface area contributed by atoms with Gasteiger partial charge < -0.3 is 0 Å². The number of aryl methyl sites for hydroxylation is 1. The van der Waals surface area contributed by atoms with E-state index in [1.807, 2.05) is 11.3 Å². The molecule has 0 aromatic carbocycles. The summed E-state index contributed by atoms with van der Waals surface area (Å²) in [6.45, 7) is 6.73. The first-order chi connectivity index (χ1) is 6.13. The molecule has 1 rings (SSSR count). The molecule has 0 bridgehead atoms. The van der Waals surface area contributed by atoms with Gasteiger partial charge in [0, 0.05) is 14.6 Å². The molecule has 2 unspecified atom stereocenters. The lowest BCUT2D eigenvalue weighted by Gasteiger charge is -2.12. The molecule has 13 heavy (non-hydrogen) atoms. The average molecular weight is 261 g/mol. The zero-order valence-corrected chi connectivity index (χ0v) is 10.9. The summed E-state index contributed by atoms with van der Waals surface area (Å²) >= 11 is 5.65. The number of thiophene rings is 1. The third kappa shape index (κ3) is 3.43. The van der Waals surface area contributed by atoms with Gasteiger partial charge in [0.25, 0.3) is 0 Å². The highest BCUT2D eigenvalue weighted by atomic mass is 79.9. The largest absolute Gasteiger partial charge is 0.145 e. The predicted molar refractivity (Wildman–Crippen MR) is 64.8 cm³/mol. The van der Waals surface area contributed by atoms with Crippen molar-refractivity contribution in [2.75, 3.05) is 0 Å². The molecule has 1 aromatic rings. The summed E-state index contributed by atoms with van der Waals surface area (Å²) in [7, 11) is 0. The summed E-state index contributed by atoms with van der Waals surface area (Å²) in [6, 6.07) is 4.44. The molecule has 1 aromatic heterocycles. The highest BCUT2D eigenvalue weighted by Crippen LogP contribution is 2.34. The van der Waals surface area contributed by atoms with E-state index in [-0.39, 0.29) is 0 Å². The number of halogens is 1. The first-order valence-electron chi connectivity index (χ1n) is 4.84. The Labute approximate surface area is 93.5 Å². The Hall–Kier alpha value is 0.180. The molecular formula is C11H17BrS. The smallest absolute Gasteiger partial charge is 0.0491 e. The summed E-state index contributed by atoms with van der Waals surface area (Å²) in [4.78, 5) is 3.43. The molecule has 0 amide bonds. The highest BCUT2D eigenvalue weighted by Gasteiger charge is 2.12. The fraction of sp³-hybridized carbons (Fsp3) is 0.636. The van der Waals surface area contributed by atoms with Gasteiger partial charge in [0.2, 0.25) is 0 Å². The van der Waals surface area contributed by atoms with Crippen LogP contribution in [0.25, 0.3) is 0 Å². The summed E-state index contributed by atoms with van der Waals surface area (Å²) in [6.07, 6.45) is 2.52. The van der Waals surface area contributed by atoms with Crippen LogP contribution in [0.2, 0.25) is 0 Å². The van der Waals surface area contributed by atoms with Gasteiger partial charge >= 0.3 is 0 Å². The zero-order chi connectivity index (χ0) is 9.84. The highest BCUT2D eigenvalue weighted by molar-refractivity contribution is 9.09.